The second kappa shape index (κ2) is 10.1. The molecule has 0 bridgehead atoms. The fourth-order valence-electron chi connectivity index (χ4n) is 1.81. The van der Waals surface area contributed by atoms with Crippen molar-refractivity contribution in [3.8, 4) is 5.75 Å². The Hall–Kier alpha value is -0.950. The Morgan fingerprint density at radius 1 is 1.29 bits per heavy atom. The maximum Gasteiger partial charge on any atom is 0.228 e. The van der Waals surface area contributed by atoms with Gasteiger partial charge < -0.3 is 20.7 Å². The lowest BCUT2D eigenvalue weighted by molar-refractivity contribution is -0.122. The molecule has 1 aromatic carbocycles. The van der Waals surface area contributed by atoms with Crippen LogP contribution in [0.4, 0.5) is 5.69 Å². The molecule has 1 amide bonds. The van der Waals surface area contributed by atoms with Crippen LogP contribution in [0.3, 0.4) is 0 Å². The van der Waals surface area contributed by atoms with E-state index in [0.717, 1.165) is 12.8 Å². The van der Waals surface area contributed by atoms with E-state index in [1.807, 2.05) is 19.1 Å². The first-order valence-corrected chi connectivity index (χ1v) is 8.88. The van der Waals surface area contributed by atoms with Gasteiger partial charge in [0.05, 0.1) is 12.8 Å². The van der Waals surface area contributed by atoms with Crippen molar-refractivity contribution >= 4 is 63.7 Å². The van der Waals surface area contributed by atoms with Gasteiger partial charge in [-0.15, -0.1) is 0 Å². The molecule has 0 saturated carbocycles. The predicted molar refractivity (Wildman–Crippen MR) is 104 cm³/mol. The van der Waals surface area contributed by atoms with Crippen molar-refractivity contribution < 1.29 is 9.53 Å². The monoisotopic (exact) mass is 411 g/mol. The molecule has 0 heterocycles. The van der Waals surface area contributed by atoms with E-state index >= 15 is 0 Å². The van der Waals surface area contributed by atoms with E-state index < -0.39 is 9.96 Å². The van der Waals surface area contributed by atoms with Gasteiger partial charge in [0, 0.05) is 6.42 Å². The second-order valence-electron chi connectivity index (χ2n) is 4.94. The molecule has 0 aliphatic heterocycles. The lowest BCUT2D eigenvalue weighted by Gasteiger charge is -2.28. The van der Waals surface area contributed by atoms with Gasteiger partial charge in [-0.1, -0.05) is 60.3 Å². The molecule has 0 spiro atoms. The third-order valence-electron chi connectivity index (χ3n) is 3.02. The third kappa shape index (κ3) is 7.30. The van der Waals surface area contributed by atoms with E-state index in [1.165, 1.54) is 0 Å². The molecule has 0 aliphatic rings. The Kier molecular flexibility index (Phi) is 8.91. The van der Waals surface area contributed by atoms with Crippen LogP contribution in [0, 0.1) is 0 Å². The number of carbonyl (C=O) groups is 1. The number of para-hydroxylation sites is 2. The number of carbonyl (C=O) groups excluding carboxylic acids is 1. The minimum Gasteiger partial charge on any atom is -0.495 e. The molecule has 24 heavy (non-hydrogen) atoms. The number of unbranched alkanes of at least 4 members (excludes halogenated alkanes) is 1. The van der Waals surface area contributed by atoms with E-state index in [9.17, 15) is 4.79 Å². The number of nitrogens with one attached hydrogen (secondary N) is 3. The zero-order valence-electron chi connectivity index (χ0n) is 13.4. The lowest BCUT2D eigenvalue weighted by atomic mass is 10.2. The highest BCUT2D eigenvalue weighted by Crippen LogP contribution is 2.29. The number of rotatable bonds is 7. The molecule has 1 atom stereocenters. The van der Waals surface area contributed by atoms with Crippen LogP contribution in [-0.2, 0) is 4.79 Å². The fraction of sp³-hybridized carbons (Fsp3) is 0.467. The van der Waals surface area contributed by atoms with E-state index in [-0.39, 0.29) is 11.0 Å². The number of amides is 1. The molecular weight excluding hydrogens is 393 g/mol. The summed E-state index contributed by atoms with van der Waals surface area (Å²) in [6, 6.07) is 7.23. The normalized spacial score (nSPS) is 12.2. The zero-order valence-corrected chi connectivity index (χ0v) is 16.5. The molecule has 0 aromatic heterocycles. The Morgan fingerprint density at radius 2 is 1.96 bits per heavy atom. The van der Waals surface area contributed by atoms with Gasteiger partial charge in [0.1, 0.15) is 11.9 Å². The van der Waals surface area contributed by atoms with Crippen LogP contribution < -0.4 is 20.7 Å². The van der Waals surface area contributed by atoms with E-state index in [2.05, 4.69) is 16.0 Å². The minimum atomic E-state index is -1.77. The summed E-state index contributed by atoms with van der Waals surface area (Å²) < 4.78 is 3.46. The van der Waals surface area contributed by atoms with Gasteiger partial charge in [-0.05, 0) is 30.8 Å². The summed E-state index contributed by atoms with van der Waals surface area (Å²) in [5.74, 6) is 0.389. The van der Waals surface area contributed by atoms with Gasteiger partial charge in [-0.2, -0.15) is 0 Å². The zero-order chi connectivity index (χ0) is 18.2. The maximum absolute atomic E-state index is 11.9. The van der Waals surface area contributed by atoms with Crippen molar-refractivity contribution in [2.45, 2.75) is 36.1 Å². The van der Waals surface area contributed by atoms with Crippen molar-refractivity contribution in [2.24, 2.45) is 0 Å². The Morgan fingerprint density at radius 3 is 2.54 bits per heavy atom. The quantitative estimate of drug-likeness (QED) is 0.359. The summed E-state index contributed by atoms with van der Waals surface area (Å²) in [6.07, 6.45) is 1.03. The predicted octanol–water partition coefficient (Wildman–Crippen LogP) is 3.98. The highest BCUT2D eigenvalue weighted by atomic mass is 35.6. The molecule has 0 fully saturated rings. The van der Waals surface area contributed by atoms with Crippen LogP contribution in [-0.4, -0.2) is 28.1 Å². The van der Waals surface area contributed by atoms with Crippen LogP contribution in [0.2, 0.25) is 0 Å². The maximum atomic E-state index is 11.9. The first kappa shape index (κ1) is 21.1. The minimum absolute atomic E-state index is 0.187. The number of alkyl halides is 3. The number of ether oxygens (including phenoxy) is 1. The number of methoxy groups -OCH3 is 1. The Balaban J connectivity index is 2.72. The van der Waals surface area contributed by atoms with E-state index in [0.29, 0.717) is 17.9 Å². The topological polar surface area (TPSA) is 62.4 Å². The molecule has 0 aliphatic carbocycles. The average molecular weight is 413 g/mol. The summed E-state index contributed by atoms with van der Waals surface area (Å²) >= 11 is 23.0. The van der Waals surface area contributed by atoms with Crippen LogP contribution in [0.5, 0.6) is 5.75 Å². The molecule has 5 nitrogen and oxygen atoms in total. The molecule has 134 valence electrons. The third-order valence-corrected chi connectivity index (χ3v) is 3.90. The van der Waals surface area contributed by atoms with Gasteiger partial charge in [-0.25, -0.2) is 0 Å². The summed E-state index contributed by atoms with van der Waals surface area (Å²) in [7, 11) is 1.55. The van der Waals surface area contributed by atoms with Crippen molar-refractivity contribution in [1.82, 2.24) is 10.6 Å². The largest absolute Gasteiger partial charge is 0.495 e. The molecule has 0 unspecified atom stereocenters. The van der Waals surface area contributed by atoms with Crippen LogP contribution in [0.15, 0.2) is 24.3 Å². The second-order valence-corrected chi connectivity index (χ2v) is 7.72. The van der Waals surface area contributed by atoms with Gasteiger partial charge in [0.2, 0.25) is 9.70 Å². The number of anilines is 1. The fourth-order valence-corrected chi connectivity index (χ4v) is 2.36. The summed E-state index contributed by atoms with van der Waals surface area (Å²) in [5, 5.41) is 8.57. The highest BCUT2D eigenvalue weighted by molar-refractivity contribution is 7.80. The Bertz CT molecular complexity index is 567. The molecule has 0 radical (unpaired) electrons. The number of hydrogen-bond donors (Lipinski definition) is 3. The van der Waals surface area contributed by atoms with Crippen LogP contribution in [0.1, 0.15) is 26.2 Å². The van der Waals surface area contributed by atoms with Gasteiger partial charge in [0.25, 0.3) is 0 Å². The molecule has 3 N–H and O–H groups in total. The standard InChI is InChI=1S/C15H20Cl3N3O2S/c1-3-4-9-12(22)20-13(15(16,17)18)21-14(24)19-10-7-5-6-8-11(10)23-2/h5-8,13H,3-4,9H2,1-2H3,(H,20,22)(H2,19,21,24)/t13-/m0/s1. The lowest BCUT2D eigenvalue weighted by Crippen LogP contribution is -2.56. The number of benzene rings is 1. The average Bonchev–Trinajstić information content (AvgIpc) is 2.52. The van der Waals surface area contributed by atoms with Crippen LogP contribution in [0.25, 0.3) is 0 Å². The van der Waals surface area contributed by atoms with Gasteiger partial charge in [-0.3, -0.25) is 4.79 Å². The van der Waals surface area contributed by atoms with Crippen molar-refractivity contribution in [2.75, 3.05) is 12.4 Å². The van der Waals surface area contributed by atoms with E-state index in [4.69, 9.17) is 51.8 Å². The number of halogens is 3. The molecule has 9 heteroatoms. The van der Waals surface area contributed by atoms with Gasteiger partial charge >= 0.3 is 0 Å². The van der Waals surface area contributed by atoms with Crippen molar-refractivity contribution in [3.05, 3.63) is 24.3 Å². The molecule has 1 aromatic rings. The number of hydrogen-bond acceptors (Lipinski definition) is 3. The summed E-state index contributed by atoms with van der Waals surface area (Å²) in [6.45, 7) is 1.99. The molecular formula is C15H20Cl3N3O2S. The SMILES string of the molecule is CCCCC(=O)N[C@@H](NC(=S)Nc1ccccc1OC)C(Cl)(Cl)Cl. The highest BCUT2D eigenvalue weighted by Gasteiger charge is 2.34. The molecule has 1 rings (SSSR count). The van der Waals surface area contributed by atoms with Crippen molar-refractivity contribution in [1.29, 1.82) is 0 Å². The summed E-state index contributed by atoms with van der Waals surface area (Å²) in [5.41, 5.74) is 0.651. The van der Waals surface area contributed by atoms with E-state index in [1.54, 1.807) is 19.2 Å². The Labute approximate surface area is 162 Å². The first-order valence-electron chi connectivity index (χ1n) is 7.34. The van der Waals surface area contributed by atoms with Gasteiger partial charge in [0.15, 0.2) is 5.11 Å². The molecule has 0 saturated heterocycles. The smallest absolute Gasteiger partial charge is 0.228 e. The van der Waals surface area contributed by atoms with Crippen LogP contribution >= 0.6 is 47.0 Å². The number of thiocarbonyl (C=S) groups is 1. The first-order chi connectivity index (χ1) is 11.3. The summed E-state index contributed by atoms with van der Waals surface area (Å²) in [4.78, 5) is 11.9. The van der Waals surface area contributed by atoms with Crippen molar-refractivity contribution in [3.63, 3.8) is 0 Å².